The van der Waals surface area contributed by atoms with Crippen molar-refractivity contribution in [3.8, 4) is 0 Å². The SMILES string of the molecule is OCCCCNC1=NCCCCC1. The molecule has 0 atom stereocenters. The number of hydrogen-bond donors (Lipinski definition) is 2. The van der Waals surface area contributed by atoms with Crippen LogP contribution in [0.2, 0.25) is 0 Å². The van der Waals surface area contributed by atoms with Gasteiger partial charge < -0.3 is 10.4 Å². The molecule has 76 valence electrons. The highest BCUT2D eigenvalue weighted by molar-refractivity contribution is 5.82. The molecule has 0 unspecified atom stereocenters. The van der Waals surface area contributed by atoms with Gasteiger partial charge in [-0.25, -0.2) is 0 Å². The molecule has 0 aromatic heterocycles. The van der Waals surface area contributed by atoms with E-state index >= 15 is 0 Å². The molecule has 1 rings (SSSR count). The molecule has 0 fully saturated rings. The van der Waals surface area contributed by atoms with Crippen LogP contribution < -0.4 is 5.32 Å². The largest absolute Gasteiger partial charge is 0.396 e. The van der Waals surface area contributed by atoms with E-state index in [-0.39, 0.29) is 0 Å². The third-order valence-corrected chi connectivity index (χ3v) is 2.29. The number of nitrogens with zero attached hydrogens (tertiary/aromatic N) is 1. The topological polar surface area (TPSA) is 44.6 Å². The predicted octanol–water partition coefficient (Wildman–Crippen LogP) is 1.32. The maximum Gasteiger partial charge on any atom is 0.0963 e. The number of rotatable bonds is 4. The third kappa shape index (κ3) is 4.88. The van der Waals surface area contributed by atoms with Crippen molar-refractivity contribution in [2.24, 2.45) is 4.99 Å². The van der Waals surface area contributed by atoms with Crippen LogP contribution in [-0.4, -0.2) is 30.6 Å². The lowest BCUT2D eigenvalue weighted by Crippen LogP contribution is -2.24. The van der Waals surface area contributed by atoms with Crippen molar-refractivity contribution in [2.45, 2.75) is 38.5 Å². The first-order valence-electron chi connectivity index (χ1n) is 5.31. The molecule has 0 bridgehead atoms. The van der Waals surface area contributed by atoms with Gasteiger partial charge in [0.05, 0.1) is 5.84 Å². The van der Waals surface area contributed by atoms with E-state index in [1.54, 1.807) is 0 Å². The number of amidine groups is 1. The first-order chi connectivity index (χ1) is 6.43. The van der Waals surface area contributed by atoms with Crippen LogP contribution in [0.25, 0.3) is 0 Å². The summed E-state index contributed by atoms with van der Waals surface area (Å²) >= 11 is 0. The van der Waals surface area contributed by atoms with Gasteiger partial charge in [0, 0.05) is 26.1 Å². The van der Waals surface area contributed by atoms with Crippen LogP contribution in [0.4, 0.5) is 0 Å². The molecule has 3 heteroatoms. The quantitative estimate of drug-likeness (QED) is 0.647. The lowest BCUT2D eigenvalue weighted by atomic mass is 10.2. The van der Waals surface area contributed by atoms with Gasteiger partial charge in [-0.2, -0.15) is 0 Å². The molecular weight excluding hydrogens is 164 g/mol. The van der Waals surface area contributed by atoms with Gasteiger partial charge in [-0.1, -0.05) is 6.42 Å². The fraction of sp³-hybridized carbons (Fsp3) is 0.900. The molecule has 0 radical (unpaired) electrons. The maximum absolute atomic E-state index is 8.59. The van der Waals surface area contributed by atoms with Crippen LogP contribution in [0.5, 0.6) is 0 Å². The summed E-state index contributed by atoms with van der Waals surface area (Å²) in [7, 11) is 0. The lowest BCUT2D eigenvalue weighted by Gasteiger charge is -2.06. The predicted molar refractivity (Wildman–Crippen MR) is 55.1 cm³/mol. The minimum Gasteiger partial charge on any atom is -0.396 e. The van der Waals surface area contributed by atoms with Gasteiger partial charge in [0.2, 0.25) is 0 Å². The molecule has 0 saturated carbocycles. The van der Waals surface area contributed by atoms with Crippen molar-refractivity contribution in [3.63, 3.8) is 0 Å². The molecule has 3 nitrogen and oxygen atoms in total. The van der Waals surface area contributed by atoms with Crippen molar-refractivity contribution in [2.75, 3.05) is 19.7 Å². The van der Waals surface area contributed by atoms with E-state index in [1.165, 1.54) is 25.1 Å². The van der Waals surface area contributed by atoms with Crippen molar-refractivity contribution in [3.05, 3.63) is 0 Å². The monoisotopic (exact) mass is 184 g/mol. The molecule has 1 aliphatic heterocycles. The van der Waals surface area contributed by atoms with Crippen molar-refractivity contribution in [1.29, 1.82) is 0 Å². The highest BCUT2D eigenvalue weighted by Crippen LogP contribution is 2.05. The molecule has 13 heavy (non-hydrogen) atoms. The Hall–Kier alpha value is -0.570. The van der Waals surface area contributed by atoms with Crippen LogP contribution in [0.1, 0.15) is 38.5 Å². The van der Waals surface area contributed by atoms with Crippen LogP contribution in [-0.2, 0) is 0 Å². The zero-order valence-corrected chi connectivity index (χ0v) is 8.26. The van der Waals surface area contributed by atoms with Gasteiger partial charge >= 0.3 is 0 Å². The highest BCUT2D eigenvalue weighted by Gasteiger charge is 2.02. The van der Waals surface area contributed by atoms with Crippen LogP contribution in [0.3, 0.4) is 0 Å². The van der Waals surface area contributed by atoms with E-state index in [1.807, 2.05) is 0 Å². The molecule has 1 heterocycles. The zero-order valence-electron chi connectivity index (χ0n) is 8.26. The van der Waals surface area contributed by atoms with Gasteiger partial charge in [0.25, 0.3) is 0 Å². The number of unbranched alkanes of at least 4 members (excludes halogenated alkanes) is 1. The zero-order chi connectivity index (χ0) is 9.36. The summed E-state index contributed by atoms with van der Waals surface area (Å²) in [5.74, 6) is 1.18. The molecule has 0 amide bonds. The standard InChI is InChI=1S/C10H20N2O/c13-9-5-4-8-12-10-6-2-1-3-7-11-10/h13H,1-9H2,(H,11,12). The molecular formula is C10H20N2O. The highest BCUT2D eigenvalue weighted by atomic mass is 16.2. The van der Waals surface area contributed by atoms with E-state index < -0.39 is 0 Å². The van der Waals surface area contributed by atoms with Crippen LogP contribution >= 0.6 is 0 Å². The Bertz CT molecular complexity index is 157. The number of nitrogens with one attached hydrogen (secondary N) is 1. The summed E-state index contributed by atoms with van der Waals surface area (Å²) < 4.78 is 0. The Kier molecular flexibility index (Phi) is 5.57. The maximum atomic E-state index is 8.59. The average molecular weight is 184 g/mol. The average Bonchev–Trinajstić information content (AvgIpc) is 2.41. The Morgan fingerprint density at radius 2 is 2.15 bits per heavy atom. The molecule has 0 aromatic rings. The van der Waals surface area contributed by atoms with E-state index in [4.69, 9.17) is 5.11 Å². The van der Waals surface area contributed by atoms with E-state index in [0.29, 0.717) is 6.61 Å². The normalized spacial score (nSPS) is 17.8. The Morgan fingerprint density at radius 1 is 1.23 bits per heavy atom. The molecule has 0 saturated heterocycles. The fourth-order valence-corrected chi connectivity index (χ4v) is 1.49. The van der Waals surface area contributed by atoms with Crippen molar-refractivity contribution < 1.29 is 5.11 Å². The van der Waals surface area contributed by atoms with Crippen LogP contribution in [0.15, 0.2) is 4.99 Å². The first kappa shape index (κ1) is 10.5. The van der Waals surface area contributed by atoms with Crippen molar-refractivity contribution in [1.82, 2.24) is 5.32 Å². The minimum absolute atomic E-state index is 0.300. The summed E-state index contributed by atoms with van der Waals surface area (Å²) in [6.45, 7) is 2.25. The van der Waals surface area contributed by atoms with Gasteiger partial charge in [0.15, 0.2) is 0 Å². The summed E-state index contributed by atoms with van der Waals surface area (Å²) in [5, 5.41) is 11.9. The van der Waals surface area contributed by atoms with E-state index in [2.05, 4.69) is 10.3 Å². The summed E-state index contributed by atoms with van der Waals surface area (Å²) in [6.07, 6.45) is 6.86. The number of aliphatic imine (C=N–C) groups is 1. The second-order valence-corrected chi connectivity index (χ2v) is 3.50. The minimum atomic E-state index is 0.300. The van der Waals surface area contributed by atoms with E-state index in [0.717, 1.165) is 32.4 Å². The second kappa shape index (κ2) is 6.89. The molecule has 0 aliphatic carbocycles. The van der Waals surface area contributed by atoms with Crippen LogP contribution in [0, 0.1) is 0 Å². The Balaban J connectivity index is 2.08. The molecule has 2 N–H and O–H groups in total. The summed E-state index contributed by atoms with van der Waals surface area (Å²) in [6, 6.07) is 0. The smallest absolute Gasteiger partial charge is 0.0963 e. The van der Waals surface area contributed by atoms with Gasteiger partial charge in [-0.3, -0.25) is 4.99 Å². The molecule has 0 spiro atoms. The number of aliphatic hydroxyl groups excluding tert-OH is 1. The molecule has 0 aromatic carbocycles. The molecule has 1 aliphatic rings. The third-order valence-electron chi connectivity index (χ3n) is 2.29. The van der Waals surface area contributed by atoms with Gasteiger partial charge in [0.1, 0.15) is 0 Å². The Labute approximate surface area is 80.3 Å². The second-order valence-electron chi connectivity index (χ2n) is 3.50. The lowest BCUT2D eigenvalue weighted by molar-refractivity contribution is 0.285. The summed E-state index contributed by atoms with van der Waals surface area (Å²) in [5.41, 5.74) is 0. The summed E-state index contributed by atoms with van der Waals surface area (Å²) in [4.78, 5) is 4.46. The number of hydrogen-bond acceptors (Lipinski definition) is 3. The van der Waals surface area contributed by atoms with Gasteiger partial charge in [-0.15, -0.1) is 0 Å². The Morgan fingerprint density at radius 3 is 3.00 bits per heavy atom. The van der Waals surface area contributed by atoms with Crippen molar-refractivity contribution >= 4 is 5.84 Å². The van der Waals surface area contributed by atoms with E-state index in [9.17, 15) is 0 Å². The number of aliphatic hydroxyl groups is 1. The fourth-order valence-electron chi connectivity index (χ4n) is 1.49. The first-order valence-corrected chi connectivity index (χ1v) is 5.31. The van der Waals surface area contributed by atoms with Gasteiger partial charge in [-0.05, 0) is 25.7 Å².